The highest BCUT2D eigenvalue weighted by Crippen LogP contribution is 2.16. The van der Waals surface area contributed by atoms with Gasteiger partial charge in [-0.2, -0.15) is 0 Å². The summed E-state index contributed by atoms with van der Waals surface area (Å²) in [5, 5.41) is 0. The van der Waals surface area contributed by atoms with Crippen molar-refractivity contribution in [1.82, 2.24) is 0 Å². The van der Waals surface area contributed by atoms with Gasteiger partial charge in [-0.25, -0.2) is 0 Å². The van der Waals surface area contributed by atoms with Gasteiger partial charge in [0.05, 0.1) is 0 Å². The Hall–Kier alpha value is -1.30. The van der Waals surface area contributed by atoms with Gasteiger partial charge >= 0.3 is 0 Å². The lowest BCUT2D eigenvalue weighted by Gasteiger charge is -2.08. The van der Waals surface area contributed by atoms with Crippen molar-refractivity contribution in [3.05, 3.63) is 59.7 Å². The van der Waals surface area contributed by atoms with Gasteiger partial charge in [0.1, 0.15) is 0 Å². The zero-order valence-corrected chi connectivity index (χ0v) is 25.0. The van der Waals surface area contributed by atoms with Gasteiger partial charge in [0.2, 0.25) is 0 Å². The minimum Gasteiger partial charge on any atom is -0.106 e. The first-order valence-corrected chi connectivity index (χ1v) is 13.5. The summed E-state index contributed by atoms with van der Waals surface area (Å²) < 4.78 is 0. The van der Waals surface area contributed by atoms with Gasteiger partial charge in [0.25, 0.3) is 0 Å². The molecule has 1 rings (SSSR count). The molecule has 0 aromatic heterocycles. The molecule has 0 saturated heterocycles. The minimum absolute atomic E-state index is 0.935. The Bertz CT molecular complexity index is 461. The third-order valence-electron chi connectivity index (χ3n) is 4.86. The molecule has 0 heteroatoms. The molecule has 0 bridgehead atoms. The molecule has 0 radical (unpaired) electrons. The Labute approximate surface area is 207 Å². The minimum atomic E-state index is 0.935. The molecule has 0 spiro atoms. The van der Waals surface area contributed by atoms with E-state index < -0.39 is 0 Å². The monoisotopic (exact) mass is 449 g/mol. The molecule has 0 unspecified atom stereocenters. The highest BCUT2D eigenvalue weighted by atomic mass is 14.1. The fraction of sp³-hybridized carbons (Fsp3) is 0.688. The second-order valence-electron chi connectivity index (χ2n) is 8.00. The second kappa shape index (κ2) is 37.0. The Morgan fingerprint density at radius 3 is 1.59 bits per heavy atom. The average molecular weight is 449 g/mol. The van der Waals surface area contributed by atoms with Crippen LogP contribution < -0.4 is 0 Å². The van der Waals surface area contributed by atoms with E-state index in [-0.39, 0.29) is 0 Å². The Kier molecular flexibility index (Phi) is 47.5. The number of benzene rings is 1. The molecule has 1 aromatic carbocycles. The summed E-state index contributed by atoms with van der Waals surface area (Å²) in [6.45, 7) is 34.2. The summed E-state index contributed by atoms with van der Waals surface area (Å²) in [5.74, 6) is 0.935. The zero-order chi connectivity index (χ0) is 26.4. The van der Waals surface area contributed by atoms with E-state index in [0.717, 1.165) is 12.3 Å². The lowest BCUT2D eigenvalue weighted by Crippen LogP contribution is -1.93. The SMILES string of the molecule is C=C.CC.CCC.CCC(C)CC.CCC/C=C(/C)Cc1cccc(C)c1C.CCCC. The number of hydrogen-bond donors (Lipinski definition) is 0. The van der Waals surface area contributed by atoms with Crippen molar-refractivity contribution in [3.8, 4) is 0 Å². The highest BCUT2D eigenvalue weighted by Gasteiger charge is 2.00. The van der Waals surface area contributed by atoms with Crippen LogP contribution in [0.15, 0.2) is 43.0 Å². The highest BCUT2D eigenvalue weighted by molar-refractivity contribution is 5.35. The van der Waals surface area contributed by atoms with E-state index in [9.17, 15) is 0 Å². The quantitative estimate of drug-likeness (QED) is 0.364. The lowest BCUT2D eigenvalue weighted by atomic mass is 9.97. The van der Waals surface area contributed by atoms with Gasteiger partial charge in [-0.1, -0.05) is 138 Å². The van der Waals surface area contributed by atoms with Gasteiger partial charge in [0, 0.05) is 0 Å². The summed E-state index contributed by atoms with van der Waals surface area (Å²) in [6, 6.07) is 6.58. The van der Waals surface area contributed by atoms with E-state index in [1.165, 1.54) is 67.2 Å². The molecule has 192 valence electrons. The Morgan fingerprint density at radius 1 is 0.844 bits per heavy atom. The summed E-state index contributed by atoms with van der Waals surface area (Å²) >= 11 is 0. The molecule has 0 aliphatic heterocycles. The number of unbranched alkanes of at least 4 members (excludes halogenated alkanes) is 2. The standard InChI is InChI=1S/C15H22.C6H14.C4H10.C3H8.C2H6.C2H4/c1-5-6-8-12(2)11-15-10-7-9-13(3)14(15)4;1-4-6(3)5-2;1-3-4-2;1-3-2;2*1-2/h7-10H,5-6,11H2,1-4H3;6H,4-5H2,1-3H3;3-4H2,1-2H3;3H2,1-2H3;1-2H3;1-2H2/b12-8-;;;;;. The van der Waals surface area contributed by atoms with Crippen LogP contribution in [0.25, 0.3) is 0 Å². The van der Waals surface area contributed by atoms with Crippen molar-refractivity contribution in [3.63, 3.8) is 0 Å². The van der Waals surface area contributed by atoms with Crippen LogP contribution in [0.3, 0.4) is 0 Å². The van der Waals surface area contributed by atoms with E-state index in [0.29, 0.717) is 0 Å². The van der Waals surface area contributed by atoms with E-state index in [2.05, 4.69) is 114 Å². The molecule has 1 aromatic rings. The Morgan fingerprint density at radius 2 is 1.28 bits per heavy atom. The van der Waals surface area contributed by atoms with Crippen LogP contribution >= 0.6 is 0 Å². The average Bonchev–Trinajstić information content (AvgIpc) is 2.83. The summed E-state index contributed by atoms with van der Waals surface area (Å²) in [7, 11) is 0. The van der Waals surface area contributed by atoms with Crippen molar-refractivity contribution in [1.29, 1.82) is 0 Å². The van der Waals surface area contributed by atoms with E-state index >= 15 is 0 Å². The molecule has 32 heavy (non-hydrogen) atoms. The fourth-order valence-corrected chi connectivity index (χ4v) is 2.06. The van der Waals surface area contributed by atoms with E-state index in [1.807, 2.05) is 13.8 Å². The summed E-state index contributed by atoms with van der Waals surface area (Å²) in [4.78, 5) is 0. The van der Waals surface area contributed by atoms with Crippen LogP contribution in [-0.2, 0) is 6.42 Å². The van der Waals surface area contributed by atoms with Crippen LogP contribution in [0.5, 0.6) is 0 Å². The molecule has 0 fully saturated rings. The smallest absolute Gasteiger partial charge is 0.00672 e. The third-order valence-corrected chi connectivity index (χ3v) is 4.86. The molecular weight excluding hydrogens is 384 g/mol. The summed E-state index contributed by atoms with van der Waals surface area (Å²) in [6.07, 6.45) is 12.5. The van der Waals surface area contributed by atoms with Crippen LogP contribution in [-0.4, -0.2) is 0 Å². The van der Waals surface area contributed by atoms with Crippen LogP contribution in [0.4, 0.5) is 0 Å². The summed E-state index contributed by atoms with van der Waals surface area (Å²) in [5.41, 5.74) is 5.81. The molecule has 0 aliphatic carbocycles. The van der Waals surface area contributed by atoms with Gasteiger partial charge in [-0.05, 0) is 56.2 Å². The van der Waals surface area contributed by atoms with Crippen molar-refractivity contribution in [2.75, 3.05) is 0 Å². The van der Waals surface area contributed by atoms with Gasteiger partial charge < -0.3 is 0 Å². The number of hydrogen-bond acceptors (Lipinski definition) is 0. The molecule has 0 heterocycles. The molecule has 0 amide bonds. The molecule has 0 N–H and O–H groups in total. The lowest BCUT2D eigenvalue weighted by molar-refractivity contribution is 0.544. The largest absolute Gasteiger partial charge is 0.106 e. The van der Waals surface area contributed by atoms with Crippen molar-refractivity contribution >= 4 is 0 Å². The van der Waals surface area contributed by atoms with Crippen molar-refractivity contribution in [2.24, 2.45) is 5.92 Å². The van der Waals surface area contributed by atoms with Crippen LogP contribution in [0.2, 0.25) is 0 Å². The van der Waals surface area contributed by atoms with E-state index in [4.69, 9.17) is 0 Å². The topological polar surface area (TPSA) is 0 Å². The maximum absolute atomic E-state index is 3.00. The molecule has 0 atom stereocenters. The third kappa shape index (κ3) is 33.3. The first kappa shape index (κ1) is 41.0. The number of aryl methyl sites for hydroxylation is 1. The van der Waals surface area contributed by atoms with Crippen molar-refractivity contribution in [2.45, 2.75) is 141 Å². The maximum atomic E-state index is 3.00. The molecule has 0 saturated carbocycles. The van der Waals surface area contributed by atoms with Crippen LogP contribution in [0.1, 0.15) is 138 Å². The normalized spacial score (nSPS) is 9.25. The van der Waals surface area contributed by atoms with Crippen LogP contribution in [0, 0.1) is 19.8 Å². The fourth-order valence-electron chi connectivity index (χ4n) is 2.06. The van der Waals surface area contributed by atoms with Gasteiger partial charge in [-0.3, -0.25) is 0 Å². The number of rotatable bonds is 7. The first-order valence-electron chi connectivity index (χ1n) is 13.5. The second-order valence-corrected chi connectivity index (χ2v) is 8.00. The number of allylic oxidation sites excluding steroid dienone is 2. The van der Waals surface area contributed by atoms with Gasteiger partial charge in [0.15, 0.2) is 0 Å². The Balaban J connectivity index is -0.000000119. The molecule has 0 nitrogen and oxygen atoms in total. The van der Waals surface area contributed by atoms with E-state index in [1.54, 1.807) is 0 Å². The van der Waals surface area contributed by atoms with Crippen molar-refractivity contribution < 1.29 is 0 Å². The molecule has 0 aliphatic rings. The molecular formula is C32H64. The van der Waals surface area contributed by atoms with Gasteiger partial charge in [-0.15, -0.1) is 13.2 Å². The first-order chi connectivity index (χ1) is 15.3. The maximum Gasteiger partial charge on any atom is -0.00672 e. The predicted molar refractivity (Wildman–Crippen MR) is 157 cm³/mol. The predicted octanol–water partition coefficient (Wildman–Crippen LogP) is 12.1. The zero-order valence-electron chi connectivity index (χ0n) is 25.0.